The molecule has 2 aromatic rings. The Hall–Kier alpha value is -1.88. The molecular weight excluding hydrogens is 284 g/mol. The summed E-state index contributed by atoms with van der Waals surface area (Å²) in [7, 11) is 0. The largest absolute Gasteiger partial charge is 0.508 e. The fourth-order valence-corrected chi connectivity index (χ4v) is 3.30. The molecule has 1 aliphatic carbocycles. The smallest absolute Gasteiger partial charge is 0.225 e. The third-order valence-corrected chi connectivity index (χ3v) is 4.66. The molecule has 0 saturated heterocycles. The van der Waals surface area contributed by atoms with E-state index in [1.165, 1.54) is 17.8 Å². The summed E-state index contributed by atoms with van der Waals surface area (Å²) >= 11 is 1.68. The van der Waals surface area contributed by atoms with Gasteiger partial charge < -0.3 is 10.4 Å². The van der Waals surface area contributed by atoms with Crippen molar-refractivity contribution >= 4 is 17.2 Å². The van der Waals surface area contributed by atoms with Gasteiger partial charge in [0.15, 0.2) is 0 Å². The van der Waals surface area contributed by atoms with Crippen LogP contribution in [-0.4, -0.2) is 16.0 Å². The summed E-state index contributed by atoms with van der Waals surface area (Å²) in [5, 5.41) is 15.8. The molecule has 0 aliphatic heterocycles. The van der Waals surface area contributed by atoms with Gasteiger partial charge in [-0.05, 0) is 25.8 Å². The van der Waals surface area contributed by atoms with Crippen LogP contribution in [-0.2, 0) is 11.2 Å². The third-order valence-electron chi connectivity index (χ3n) is 3.63. The zero-order valence-corrected chi connectivity index (χ0v) is 12.7. The van der Waals surface area contributed by atoms with Crippen LogP contribution in [0.5, 0.6) is 5.75 Å². The van der Waals surface area contributed by atoms with Crippen LogP contribution in [0.4, 0.5) is 0 Å². The molecule has 0 bridgehead atoms. The highest BCUT2D eigenvalue weighted by Gasteiger charge is 2.27. The Morgan fingerprint density at radius 2 is 2.24 bits per heavy atom. The van der Waals surface area contributed by atoms with E-state index in [1.54, 1.807) is 29.5 Å². The number of thiazole rings is 1. The molecule has 1 fully saturated rings. The van der Waals surface area contributed by atoms with Gasteiger partial charge in [-0.2, -0.15) is 0 Å². The van der Waals surface area contributed by atoms with Gasteiger partial charge in [0.05, 0.1) is 23.2 Å². The van der Waals surface area contributed by atoms with Crippen molar-refractivity contribution in [2.75, 3.05) is 0 Å². The van der Waals surface area contributed by atoms with E-state index in [4.69, 9.17) is 0 Å². The third kappa shape index (κ3) is 3.42. The van der Waals surface area contributed by atoms with Crippen molar-refractivity contribution in [2.24, 2.45) is 0 Å². The topological polar surface area (TPSA) is 62.2 Å². The van der Waals surface area contributed by atoms with E-state index in [1.807, 2.05) is 18.4 Å². The molecule has 2 N–H and O–H groups in total. The molecule has 1 aromatic carbocycles. The van der Waals surface area contributed by atoms with Crippen LogP contribution in [0.3, 0.4) is 0 Å². The maximum absolute atomic E-state index is 12.1. The number of aromatic hydroxyl groups is 1. The van der Waals surface area contributed by atoms with Crippen LogP contribution in [0, 0.1) is 0 Å². The summed E-state index contributed by atoms with van der Waals surface area (Å²) < 4.78 is 0. The second-order valence-corrected chi connectivity index (χ2v) is 6.37. The average molecular weight is 302 g/mol. The van der Waals surface area contributed by atoms with Gasteiger partial charge in [0.25, 0.3) is 0 Å². The second-order valence-electron chi connectivity index (χ2n) is 5.48. The minimum Gasteiger partial charge on any atom is -0.508 e. The molecule has 3 rings (SSSR count). The highest BCUT2D eigenvalue weighted by Crippen LogP contribution is 2.41. The number of hydrogen-bond acceptors (Lipinski definition) is 4. The Morgan fingerprint density at radius 3 is 2.95 bits per heavy atom. The van der Waals surface area contributed by atoms with Gasteiger partial charge in [0.2, 0.25) is 5.91 Å². The molecule has 0 radical (unpaired) electrons. The fourth-order valence-electron chi connectivity index (χ4n) is 2.22. The maximum atomic E-state index is 12.1. The lowest BCUT2D eigenvalue weighted by molar-refractivity contribution is -0.121. The zero-order valence-electron chi connectivity index (χ0n) is 11.9. The molecule has 110 valence electrons. The number of carbonyl (C=O) groups is 1. The number of rotatable bonds is 5. The van der Waals surface area contributed by atoms with Crippen LogP contribution >= 0.6 is 11.3 Å². The molecular formula is C16H18N2O2S. The van der Waals surface area contributed by atoms with Crippen LogP contribution in [0.25, 0.3) is 0 Å². The number of nitrogens with zero attached hydrogens (tertiary/aromatic N) is 1. The summed E-state index contributed by atoms with van der Waals surface area (Å²) in [6, 6.07) is 6.80. The number of aromatic nitrogens is 1. The molecule has 1 aromatic heterocycles. The number of para-hydroxylation sites is 1. The lowest BCUT2D eigenvalue weighted by Crippen LogP contribution is -2.28. The monoisotopic (exact) mass is 302 g/mol. The highest BCUT2D eigenvalue weighted by atomic mass is 32.1. The summed E-state index contributed by atoms with van der Waals surface area (Å²) in [5.74, 6) is 0.697. The van der Waals surface area contributed by atoms with E-state index < -0.39 is 0 Å². The molecule has 1 atom stereocenters. The lowest BCUT2D eigenvalue weighted by atomic mass is 10.1. The summed E-state index contributed by atoms with van der Waals surface area (Å²) in [4.78, 5) is 16.7. The highest BCUT2D eigenvalue weighted by molar-refractivity contribution is 7.09. The van der Waals surface area contributed by atoms with E-state index in [-0.39, 0.29) is 24.1 Å². The predicted molar refractivity (Wildman–Crippen MR) is 82.5 cm³/mol. The van der Waals surface area contributed by atoms with Crippen molar-refractivity contribution in [1.82, 2.24) is 10.3 Å². The molecule has 1 aliphatic rings. The van der Waals surface area contributed by atoms with Crippen molar-refractivity contribution in [3.63, 3.8) is 0 Å². The van der Waals surface area contributed by atoms with Gasteiger partial charge in [-0.25, -0.2) is 4.98 Å². The quantitative estimate of drug-likeness (QED) is 0.892. The number of amides is 1. The number of benzene rings is 1. The summed E-state index contributed by atoms with van der Waals surface area (Å²) in [6.45, 7) is 1.94. The average Bonchev–Trinajstić information content (AvgIpc) is 3.18. The van der Waals surface area contributed by atoms with Crippen LogP contribution in [0.1, 0.15) is 48.0 Å². The van der Waals surface area contributed by atoms with Gasteiger partial charge in [-0.1, -0.05) is 18.2 Å². The van der Waals surface area contributed by atoms with Gasteiger partial charge in [0.1, 0.15) is 5.75 Å². The molecule has 1 saturated carbocycles. The molecule has 5 heteroatoms. The Balaban J connectivity index is 1.59. The molecule has 1 heterocycles. The first-order valence-corrected chi connectivity index (χ1v) is 8.03. The second kappa shape index (κ2) is 5.85. The summed E-state index contributed by atoms with van der Waals surface area (Å²) in [5.41, 5.74) is 1.56. The molecule has 0 spiro atoms. The molecule has 21 heavy (non-hydrogen) atoms. The number of phenols is 1. The van der Waals surface area contributed by atoms with E-state index in [2.05, 4.69) is 10.3 Å². The van der Waals surface area contributed by atoms with Crippen molar-refractivity contribution in [1.29, 1.82) is 0 Å². The van der Waals surface area contributed by atoms with E-state index in [9.17, 15) is 9.90 Å². The predicted octanol–water partition coefficient (Wildman–Crippen LogP) is 3.15. The van der Waals surface area contributed by atoms with Gasteiger partial charge in [0, 0.05) is 16.9 Å². The van der Waals surface area contributed by atoms with Crippen LogP contribution < -0.4 is 5.32 Å². The van der Waals surface area contributed by atoms with Crippen LogP contribution in [0.2, 0.25) is 0 Å². The Labute approximate surface area is 127 Å². The fraction of sp³-hybridized carbons (Fsp3) is 0.375. The first kappa shape index (κ1) is 14.1. The van der Waals surface area contributed by atoms with Gasteiger partial charge in [-0.3, -0.25) is 4.79 Å². The Morgan fingerprint density at radius 1 is 1.48 bits per heavy atom. The molecule has 0 unspecified atom stereocenters. The Bertz CT molecular complexity index is 649. The molecule has 4 nitrogen and oxygen atoms in total. The number of hydrogen-bond donors (Lipinski definition) is 2. The van der Waals surface area contributed by atoms with Gasteiger partial charge >= 0.3 is 0 Å². The minimum absolute atomic E-state index is 0.105. The van der Waals surface area contributed by atoms with Gasteiger partial charge in [-0.15, -0.1) is 11.3 Å². The normalized spacial score (nSPS) is 15.7. The lowest BCUT2D eigenvalue weighted by Gasteiger charge is -2.12. The van der Waals surface area contributed by atoms with Crippen molar-refractivity contribution < 1.29 is 9.90 Å². The number of phenolic OH excluding ortho intramolecular Hbond substituents is 1. The first-order chi connectivity index (χ1) is 10.1. The van der Waals surface area contributed by atoms with E-state index in [0.717, 1.165) is 5.69 Å². The summed E-state index contributed by atoms with van der Waals surface area (Å²) in [6.07, 6.45) is 2.65. The Kier molecular flexibility index (Phi) is 3.92. The standard InChI is InChI=1S/C16H18N2O2S/c1-10(13-9-21-16(18-13)11-6-7-11)17-15(20)8-12-4-2-3-5-14(12)19/h2-5,9-11,19H,6-8H2,1H3,(H,17,20)/t10-/m0/s1. The van der Waals surface area contributed by atoms with Crippen LogP contribution in [0.15, 0.2) is 29.6 Å². The van der Waals surface area contributed by atoms with E-state index >= 15 is 0 Å². The SMILES string of the molecule is C[C@H](NC(=O)Cc1ccccc1O)c1csc(C2CC2)n1. The zero-order chi connectivity index (χ0) is 14.8. The van der Waals surface area contributed by atoms with Crippen molar-refractivity contribution in [3.8, 4) is 5.75 Å². The molecule has 1 amide bonds. The number of carbonyl (C=O) groups excluding carboxylic acids is 1. The first-order valence-electron chi connectivity index (χ1n) is 7.15. The maximum Gasteiger partial charge on any atom is 0.225 e. The van der Waals surface area contributed by atoms with E-state index in [0.29, 0.717) is 11.5 Å². The van der Waals surface area contributed by atoms with Crippen molar-refractivity contribution in [3.05, 3.63) is 45.9 Å². The minimum atomic E-state index is -0.107. The van der Waals surface area contributed by atoms with Crippen molar-refractivity contribution in [2.45, 2.75) is 38.1 Å². The number of nitrogens with one attached hydrogen (secondary N) is 1.